The third kappa shape index (κ3) is 7.59. The number of sulfonamides is 1. The molecule has 0 aliphatic carbocycles. The second-order valence-corrected chi connectivity index (χ2v) is 11.6. The summed E-state index contributed by atoms with van der Waals surface area (Å²) in [5.74, 6) is -0.458. The number of halogens is 2. The molecule has 0 fully saturated rings. The maximum absolute atomic E-state index is 14.1. The number of nitrogens with one attached hydrogen (secondary N) is 1. The van der Waals surface area contributed by atoms with E-state index in [0.29, 0.717) is 21.4 Å². The van der Waals surface area contributed by atoms with Gasteiger partial charge >= 0.3 is 0 Å². The van der Waals surface area contributed by atoms with Gasteiger partial charge in [0.15, 0.2) is 0 Å². The van der Waals surface area contributed by atoms with Gasteiger partial charge in [0.1, 0.15) is 24.1 Å². The van der Waals surface area contributed by atoms with Crippen molar-refractivity contribution in [2.45, 2.75) is 19.0 Å². The first-order chi connectivity index (χ1) is 19.0. The van der Waals surface area contributed by atoms with E-state index in [1.165, 1.54) is 38.3 Å². The van der Waals surface area contributed by atoms with Crippen LogP contribution in [-0.2, 0) is 32.6 Å². The molecule has 3 aromatic rings. The summed E-state index contributed by atoms with van der Waals surface area (Å²) in [6, 6.07) is 17.7. The molecule has 1 atom stereocenters. The van der Waals surface area contributed by atoms with E-state index in [2.05, 4.69) is 5.32 Å². The Balaban J connectivity index is 2.11. The molecule has 3 aromatic carbocycles. The lowest BCUT2D eigenvalue weighted by Gasteiger charge is -2.33. The quantitative estimate of drug-likeness (QED) is 0.331. The molecule has 9 nitrogen and oxygen atoms in total. The van der Waals surface area contributed by atoms with Gasteiger partial charge in [0, 0.05) is 41.7 Å². The Labute approximate surface area is 244 Å². The zero-order valence-electron chi connectivity index (χ0n) is 22.6. The Morgan fingerprint density at radius 3 is 2.15 bits per heavy atom. The highest BCUT2D eigenvalue weighted by molar-refractivity contribution is 7.92. The van der Waals surface area contributed by atoms with Crippen molar-refractivity contribution in [3.8, 4) is 11.5 Å². The van der Waals surface area contributed by atoms with Crippen LogP contribution in [-0.4, -0.2) is 65.2 Å². The third-order valence-corrected chi connectivity index (χ3v) is 8.08. The molecule has 0 spiro atoms. The van der Waals surface area contributed by atoms with Gasteiger partial charge < -0.3 is 19.7 Å². The Morgan fingerprint density at radius 1 is 0.950 bits per heavy atom. The number of benzene rings is 3. The second-order valence-electron chi connectivity index (χ2n) is 8.85. The van der Waals surface area contributed by atoms with E-state index in [-0.39, 0.29) is 24.4 Å². The van der Waals surface area contributed by atoms with Crippen LogP contribution in [0.2, 0.25) is 10.0 Å². The molecule has 0 aromatic heterocycles. The van der Waals surface area contributed by atoms with Crippen LogP contribution in [0.4, 0.5) is 5.69 Å². The lowest BCUT2D eigenvalue weighted by Crippen LogP contribution is -2.53. The first kappa shape index (κ1) is 31.1. The molecule has 40 heavy (non-hydrogen) atoms. The zero-order chi connectivity index (χ0) is 29.4. The number of nitrogens with zero attached hydrogens (tertiary/aromatic N) is 2. The lowest BCUT2D eigenvalue weighted by atomic mass is 10.0. The predicted molar refractivity (Wildman–Crippen MR) is 157 cm³/mol. The zero-order valence-corrected chi connectivity index (χ0v) is 24.9. The Hall–Kier alpha value is -3.47. The topological polar surface area (TPSA) is 105 Å². The summed E-state index contributed by atoms with van der Waals surface area (Å²) in [6.45, 7) is -0.758. The van der Waals surface area contributed by atoms with E-state index in [4.69, 9.17) is 32.7 Å². The molecule has 2 amide bonds. The molecule has 0 radical (unpaired) electrons. The van der Waals surface area contributed by atoms with Crippen molar-refractivity contribution in [2.24, 2.45) is 0 Å². The maximum Gasteiger partial charge on any atom is 0.244 e. The van der Waals surface area contributed by atoms with E-state index in [0.717, 1.165) is 16.1 Å². The number of likely N-dealkylation sites (N-methyl/N-ethyl adjacent to an activating group) is 1. The number of ether oxygens (including phenoxy) is 2. The number of anilines is 1. The van der Waals surface area contributed by atoms with Crippen molar-refractivity contribution < 1.29 is 27.5 Å². The minimum absolute atomic E-state index is 0.134. The van der Waals surface area contributed by atoms with Crippen LogP contribution in [0.5, 0.6) is 11.5 Å². The summed E-state index contributed by atoms with van der Waals surface area (Å²) < 4.78 is 37.5. The number of carbonyl (C=O) groups excluding carboxylic acids is 2. The summed E-state index contributed by atoms with van der Waals surface area (Å²) >= 11 is 12.9. The Kier molecular flexibility index (Phi) is 10.7. The number of hydrogen-bond donors (Lipinski definition) is 1. The van der Waals surface area contributed by atoms with E-state index >= 15 is 0 Å². The molecule has 214 valence electrons. The SMILES string of the molecule is CNC(=O)[C@@H](Cc1ccccc1)N(Cc1c(Cl)cccc1Cl)C(=O)CN(c1ccc(OC)cc1OC)S(C)(=O)=O. The largest absolute Gasteiger partial charge is 0.497 e. The fourth-order valence-electron chi connectivity index (χ4n) is 4.16. The van der Waals surface area contributed by atoms with E-state index in [1.807, 2.05) is 30.3 Å². The molecule has 0 bridgehead atoms. The summed E-state index contributed by atoms with van der Waals surface area (Å²) in [6.07, 6.45) is 1.15. The van der Waals surface area contributed by atoms with Crippen LogP contribution in [0.15, 0.2) is 66.7 Å². The van der Waals surface area contributed by atoms with E-state index in [1.54, 1.807) is 24.3 Å². The van der Waals surface area contributed by atoms with Gasteiger partial charge in [-0.2, -0.15) is 0 Å². The maximum atomic E-state index is 14.1. The number of carbonyl (C=O) groups is 2. The van der Waals surface area contributed by atoms with Crippen LogP contribution in [0, 0.1) is 0 Å². The lowest BCUT2D eigenvalue weighted by molar-refractivity contribution is -0.139. The predicted octanol–water partition coefficient (Wildman–Crippen LogP) is 4.16. The van der Waals surface area contributed by atoms with Crippen LogP contribution < -0.4 is 19.1 Å². The van der Waals surface area contributed by atoms with Gasteiger partial charge in [-0.05, 0) is 29.8 Å². The van der Waals surface area contributed by atoms with Gasteiger partial charge in [0.25, 0.3) is 0 Å². The highest BCUT2D eigenvalue weighted by atomic mass is 35.5. The molecule has 0 unspecified atom stereocenters. The molecule has 0 saturated carbocycles. The van der Waals surface area contributed by atoms with Crippen LogP contribution in [0.1, 0.15) is 11.1 Å². The first-order valence-corrected chi connectivity index (χ1v) is 14.8. The number of rotatable bonds is 12. The van der Waals surface area contributed by atoms with Crippen molar-refractivity contribution in [1.82, 2.24) is 10.2 Å². The molecule has 0 heterocycles. The van der Waals surface area contributed by atoms with Crippen LogP contribution >= 0.6 is 23.2 Å². The smallest absolute Gasteiger partial charge is 0.244 e. The third-order valence-electron chi connectivity index (χ3n) is 6.24. The average molecular weight is 609 g/mol. The molecular formula is C28H31Cl2N3O6S. The minimum Gasteiger partial charge on any atom is -0.497 e. The molecule has 0 saturated heterocycles. The molecule has 0 aliphatic rings. The average Bonchev–Trinajstić information content (AvgIpc) is 2.94. The monoisotopic (exact) mass is 607 g/mol. The van der Waals surface area contributed by atoms with Gasteiger partial charge in [-0.1, -0.05) is 59.6 Å². The Bertz CT molecular complexity index is 1430. The number of hydrogen-bond acceptors (Lipinski definition) is 6. The van der Waals surface area contributed by atoms with Crippen molar-refractivity contribution >= 4 is 50.7 Å². The molecular weight excluding hydrogens is 577 g/mol. The van der Waals surface area contributed by atoms with Crippen molar-refractivity contribution in [3.05, 3.63) is 87.9 Å². The Morgan fingerprint density at radius 2 is 1.60 bits per heavy atom. The highest BCUT2D eigenvalue weighted by Gasteiger charge is 2.34. The van der Waals surface area contributed by atoms with Gasteiger partial charge in [0.05, 0.1) is 26.2 Å². The van der Waals surface area contributed by atoms with Gasteiger partial charge in [-0.25, -0.2) is 8.42 Å². The molecule has 0 aliphatic heterocycles. The van der Waals surface area contributed by atoms with Gasteiger partial charge in [0.2, 0.25) is 21.8 Å². The van der Waals surface area contributed by atoms with Crippen molar-refractivity contribution in [3.63, 3.8) is 0 Å². The van der Waals surface area contributed by atoms with Crippen LogP contribution in [0.3, 0.4) is 0 Å². The van der Waals surface area contributed by atoms with Gasteiger partial charge in [-0.15, -0.1) is 0 Å². The fraction of sp³-hybridized carbons (Fsp3) is 0.286. The highest BCUT2D eigenvalue weighted by Crippen LogP contribution is 2.34. The van der Waals surface area contributed by atoms with Crippen molar-refractivity contribution in [1.29, 1.82) is 0 Å². The standard InChI is InChI=1S/C28H31Cl2N3O6S/c1-31-28(35)25(15-19-9-6-5-7-10-19)32(17-21-22(29)11-8-12-23(21)30)27(34)18-33(40(4,36)37)24-14-13-20(38-2)16-26(24)39-3/h5-14,16,25H,15,17-18H2,1-4H3,(H,31,35)/t25-/m1/s1. The van der Waals surface area contributed by atoms with Crippen molar-refractivity contribution in [2.75, 3.05) is 38.4 Å². The van der Waals surface area contributed by atoms with Crippen LogP contribution in [0.25, 0.3) is 0 Å². The number of methoxy groups -OCH3 is 2. The second kappa shape index (κ2) is 13.7. The molecule has 3 rings (SSSR count). The van der Waals surface area contributed by atoms with E-state index < -0.39 is 34.4 Å². The summed E-state index contributed by atoms with van der Waals surface area (Å²) in [7, 11) is 0.333. The molecule has 12 heteroatoms. The van der Waals surface area contributed by atoms with E-state index in [9.17, 15) is 18.0 Å². The summed E-state index contributed by atoms with van der Waals surface area (Å²) in [5.41, 5.74) is 1.36. The van der Waals surface area contributed by atoms with Gasteiger partial charge in [-0.3, -0.25) is 13.9 Å². The summed E-state index contributed by atoms with van der Waals surface area (Å²) in [4.78, 5) is 28.6. The fourth-order valence-corrected chi connectivity index (χ4v) is 5.53. The number of amides is 2. The molecule has 1 N–H and O–H groups in total. The first-order valence-electron chi connectivity index (χ1n) is 12.2. The summed E-state index contributed by atoms with van der Waals surface area (Å²) in [5, 5.41) is 3.22. The minimum atomic E-state index is -3.99. The normalized spacial score (nSPS) is 11.8.